The molecule has 2 rings (SSSR count). The summed E-state index contributed by atoms with van der Waals surface area (Å²) < 4.78 is 24.9. The van der Waals surface area contributed by atoms with Crippen LogP contribution in [0.1, 0.15) is 59.3 Å². The molecule has 202 valence electrons. The number of unbranched alkanes of at least 4 members (excludes halogenated alkanes) is 1. The first-order valence-corrected chi connectivity index (χ1v) is 13.0. The van der Waals surface area contributed by atoms with Crippen molar-refractivity contribution in [3.63, 3.8) is 0 Å². The van der Waals surface area contributed by atoms with Gasteiger partial charge in [-0.2, -0.15) is 0 Å². The molecule has 0 radical (unpaired) electrons. The monoisotopic (exact) mass is 519 g/mol. The zero-order valence-corrected chi connectivity index (χ0v) is 22.5. The minimum absolute atomic E-state index is 0.124. The van der Waals surface area contributed by atoms with Crippen LogP contribution in [0.25, 0.3) is 0 Å². The molecule has 0 spiro atoms. The minimum atomic E-state index is -0.645. The summed E-state index contributed by atoms with van der Waals surface area (Å²) in [5.74, 6) is 0.852. The number of hydrogen-bond donors (Lipinski definition) is 1. The second-order valence-corrected chi connectivity index (χ2v) is 9.06. The highest BCUT2D eigenvalue weighted by Gasteiger charge is 2.16. The fraction of sp³-hybridized carbons (Fsp3) is 0.312. The van der Waals surface area contributed by atoms with E-state index < -0.39 is 5.91 Å². The number of carbonyl (C=O) groups excluding carboxylic acids is 2. The van der Waals surface area contributed by atoms with Crippen molar-refractivity contribution in [2.24, 2.45) is 11.7 Å². The van der Waals surface area contributed by atoms with E-state index in [1.165, 1.54) is 12.1 Å². The summed E-state index contributed by atoms with van der Waals surface area (Å²) in [5.41, 5.74) is 6.79. The first-order valence-electron chi connectivity index (χ1n) is 13.0. The molecule has 2 aromatic rings. The normalized spacial score (nSPS) is 12.8. The van der Waals surface area contributed by atoms with E-state index in [4.69, 9.17) is 15.2 Å². The molecule has 6 heteroatoms. The highest BCUT2D eigenvalue weighted by molar-refractivity contribution is 5.96. The van der Waals surface area contributed by atoms with Crippen LogP contribution in [0, 0.1) is 11.7 Å². The Balaban J connectivity index is 2.10. The van der Waals surface area contributed by atoms with Crippen molar-refractivity contribution in [2.45, 2.75) is 59.3 Å². The summed E-state index contributed by atoms with van der Waals surface area (Å²) in [6, 6.07) is 12.5. The van der Waals surface area contributed by atoms with Crippen molar-refractivity contribution in [3.8, 4) is 17.2 Å². The quantitative estimate of drug-likeness (QED) is 0.138. The van der Waals surface area contributed by atoms with Gasteiger partial charge in [0.05, 0.1) is 5.57 Å². The van der Waals surface area contributed by atoms with E-state index in [2.05, 4.69) is 13.5 Å². The van der Waals surface area contributed by atoms with Gasteiger partial charge in [0, 0.05) is 12.5 Å². The Hall–Kier alpha value is -3.93. The topological polar surface area (TPSA) is 78.6 Å². The first-order chi connectivity index (χ1) is 18.2. The molecule has 1 atom stereocenters. The van der Waals surface area contributed by atoms with Crippen LogP contribution in [0.15, 0.2) is 96.3 Å². The SMILES string of the molecule is C=C(Oc1ccc(Oc2cccc(F)c2)cc1)C(=CC(=CC)CC(CCCC)CCC(=O)C=CC)C(N)=O. The van der Waals surface area contributed by atoms with Crippen LogP contribution in [0.3, 0.4) is 0 Å². The molecule has 0 saturated heterocycles. The molecule has 0 aliphatic heterocycles. The zero-order chi connectivity index (χ0) is 27.9. The van der Waals surface area contributed by atoms with Gasteiger partial charge in [-0.3, -0.25) is 9.59 Å². The number of ketones is 1. The van der Waals surface area contributed by atoms with Gasteiger partial charge in [-0.05, 0) is 81.2 Å². The summed E-state index contributed by atoms with van der Waals surface area (Å²) in [6.45, 7) is 9.82. The van der Waals surface area contributed by atoms with Gasteiger partial charge in [-0.15, -0.1) is 0 Å². The number of primary amides is 1. The molecule has 2 aromatic carbocycles. The second kappa shape index (κ2) is 16.0. The maximum Gasteiger partial charge on any atom is 0.252 e. The number of carbonyl (C=O) groups is 2. The fourth-order valence-electron chi connectivity index (χ4n) is 3.96. The van der Waals surface area contributed by atoms with E-state index >= 15 is 0 Å². The van der Waals surface area contributed by atoms with Crippen LogP contribution < -0.4 is 15.2 Å². The van der Waals surface area contributed by atoms with Crippen molar-refractivity contribution >= 4 is 11.7 Å². The van der Waals surface area contributed by atoms with E-state index in [-0.39, 0.29) is 22.9 Å². The third-order valence-electron chi connectivity index (χ3n) is 6.00. The van der Waals surface area contributed by atoms with Gasteiger partial charge < -0.3 is 15.2 Å². The molecule has 0 saturated carbocycles. The standard InChI is InChI=1S/C32H38FNO4/c1-5-8-11-25(14-15-27(35)10-6-2)20-24(7-3)21-31(32(34)36)23(4)37-28-16-18-29(19-17-28)38-30-13-9-12-26(33)22-30/h6-7,9-10,12-13,16-19,21-22,25H,4-5,8,11,14-15,20H2,1-3H3,(H2,34,36). The van der Waals surface area contributed by atoms with Gasteiger partial charge in [0.2, 0.25) is 0 Å². The molecule has 2 N–H and O–H groups in total. The van der Waals surface area contributed by atoms with E-state index in [9.17, 15) is 14.0 Å². The molecule has 1 unspecified atom stereocenters. The Morgan fingerprint density at radius 3 is 2.37 bits per heavy atom. The molecule has 5 nitrogen and oxygen atoms in total. The molecule has 38 heavy (non-hydrogen) atoms. The smallest absolute Gasteiger partial charge is 0.252 e. The third kappa shape index (κ3) is 10.6. The van der Waals surface area contributed by atoms with Crippen molar-refractivity contribution < 1.29 is 23.5 Å². The first kappa shape index (κ1) is 30.3. The Bertz CT molecular complexity index is 1180. The molecule has 0 aliphatic rings. The highest BCUT2D eigenvalue weighted by atomic mass is 19.1. The lowest BCUT2D eigenvalue weighted by Gasteiger charge is -2.18. The Labute approximate surface area is 225 Å². The van der Waals surface area contributed by atoms with E-state index in [0.29, 0.717) is 29.6 Å². The van der Waals surface area contributed by atoms with Crippen molar-refractivity contribution in [1.82, 2.24) is 0 Å². The van der Waals surface area contributed by atoms with Gasteiger partial charge in [-0.25, -0.2) is 4.39 Å². The number of hydrogen-bond acceptors (Lipinski definition) is 4. The predicted octanol–water partition coefficient (Wildman–Crippen LogP) is 7.99. The third-order valence-corrected chi connectivity index (χ3v) is 6.00. The number of amides is 1. The van der Waals surface area contributed by atoms with Crippen molar-refractivity contribution in [1.29, 1.82) is 0 Å². The molecule has 0 aromatic heterocycles. The number of benzene rings is 2. The van der Waals surface area contributed by atoms with Crippen LogP contribution in [-0.2, 0) is 9.59 Å². The Morgan fingerprint density at radius 2 is 1.76 bits per heavy atom. The van der Waals surface area contributed by atoms with Gasteiger partial charge in [0.1, 0.15) is 28.8 Å². The molecule has 1 amide bonds. The lowest BCUT2D eigenvalue weighted by Crippen LogP contribution is -2.18. The van der Waals surface area contributed by atoms with E-state index in [1.54, 1.807) is 54.6 Å². The molecular weight excluding hydrogens is 481 g/mol. The summed E-state index contributed by atoms with van der Waals surface area (Å²) in [6.07, 6.45) is 12.2. The van der Waals surface area contributed by atoms with E-state index in [1.807, 2.05) is 19.9 Å². The number of nitrogens with two attached hydrogens (primary N) is 1. The average molecular weight is 520 g/mol. The largest absolute Gasteiger partial charge is 0.457 e. The average Bonchev–Trinajstić information content (AvgIpc) is 2.88. The molecule has 0 heterocycles. The molecule has 0 fully saturated rings. The van der Waals surface area contributed by atoms with Crippen molar-refractivity contribution in [2.75, 3.05) is 0 Å². The predicted molar refractivity (Wildman–Crippen MR) is 150 cm³/mol. The lowest BCUT2D eigenvalue weighted by molar-refractivity contribution is -0.115. The summed E-state index contributed by atoms with van der Waals surface area (Å²) >= 11 is 0. The molecule has 0 bridgehead atoms. The van der Waals surface area contributed by atoms with Crippen LogP contribution in [-0.4, -0.2) is 11.7 Å². The molecule has 0 aliphatic carbocycles. The summed E-state index contributed by atoms with van der Waals surface area (Å²) in [4.78, 5) is 24.3. The second-order valence-electron chi connectivity index (χ2n) is 9.06. The van der Waals surface area contributed by atoms with Gasteiger partial charge in [-0.1, -0.05) is 56.6 Å². The number of halogens is 1. The summed E-state index contributed by atoms with van der Waals surface area (Å²) in [7, 11) is 0. The van der Waals surface area contributed by atoms with Crippen LogP contribution >= 0.6 is 0 Å². The van der Waals surface area contributed by atoms with Gasteiger partial charge in [0.15, 0.2) is 5.78 Å². The fourth-order valence-corrected chi connectivity index (χ4v) is 3.96. The highest BCUT2D eigenvalue weighted by Crippen LogP contribution is 2.28. The number of ether oxygens (including phenoxy) is 2. The summed E-state index contributed by atoms with van der Waals surface area (Å²) in [5, 5.41) is 0. The Morgan fingerprint density at radius 1 is 1.05 bits per heavy atom. The van der Waals surface area contributed by atoms with Gasteiger partial charge in [0.25, 0.3) is 5.91 Å². The van der Waals surface area contributed by atoms with Crippen molar-refractivity contribution in [3.05, 3.63) is 102 Å². The zero-order valence-electron chi connectivity index (χ0n) is 22.5. The minimum Gasteiger partial charge on any atom is -0.457 e. The van der Waals surface area contributed by atoms with Gasteiger partial charge >= 0.3 is 0 Å². The van der Waals surface area contributed by atoms with Crippen LogP contribution in [0.5, 0.6) is 17.2 Å². The van der Waals surface area contributed by atoms with Crippen LogP contribution in [0.4, 0.5) is 4.39 Å². The van der Waals surface area contributed by atoms with E-state index in [0.717, 1.165) is 37.7 Å². The molecular formula is C32H38FNO4. The maximum atomic E-state index is 13.4. The number of rotatable bonds is 16. The Kier molecular flexibility index (Phi) is 12.8. The maximum absolute atomic E-state index is 13.4. The lowest BCUT2D eigenvalue weighted by atomic mass is 9.88. The number of allylic oxidation sites excluding steroid dienone is 5. The van der Waals surface area contributed by atoms with Crippen LogP contribution in [0.2, 0.25) is 0 Å².